The van der Waals surface area contributed by atoms with Crippen LogP contribution in [0.25, 0.3) is 10.2 Å². The molecule has 5 nitrogen and oxygen atoms in total. The van der Waals surface area contributed by atoms with E-state index in [0.717, 1.165) is 21.7 Å². The molecule has 0 aliphatic carbocycles. The van der Waals surface area contributed by atoms with Crippen LogP contribution < -0.4 is 5.32 Å². The molecule has 0 saturated carbocycles. The molecule has 1 aromatic carbocycles. The minimum atomic E-state index is -0.327. The molecule has 2 aromatic heterocycles. The number of benzene rings is 1. The molecule has 0 unspecified atom stereocenters. The summed E-state index contributed by atoms with van der Waals surface area (Å²) in [5.74, 6) is 0.421. The number of fused-ring (bicyclic) bond motifs is 1. The molecular formula is C17H18ClN3O2S. The summed E-state index contributed by atoms with van der Waals surface area (Å²) in [5, 5.41) is 4.31. The van der Waals surface area contributed by atoms with Gasteiger partial charge in [-0.25, -0.2) is 14.8 Å². The van der Waals surface area contributed by atoms with E-state index in [1.54, 1.807) is 36.7 Å². The lowest BCUT2D eigenvalue weighted by molar-refractivity contribution is 0.0526. The summed E-state index contributed by atoms with van der Waals surface area (Å²) in [6.45, 7) is 6.29. The molecule has 2 heterocycles. The van der Waals surface area contributed by atoms with Crippen LogP contribution in [-0.2, 0) is 4.74 Å². The van der Waals surface area contributed by atoms with Crippen LogP contribution in [-0.4, -0.2) is 22.5 Å². The number of thiophene rings is 1. The summed E-state index contributed by atoms with van der Waals surface area (Å²) in [7, 11) is 0. The van der Waals surface area contributed by atoms with Gasteiger partial charge in [0.2, 0.25) is 0 Å². The number of halogens is 1. The molecule has 0 spiro atoms. The summed E-state index contributed by atoms with van der Waals surface area (Å²) < 4.78 is 5.04. The first-order chi connectivity index (χ1) is 11.1. The zero-order chi connectivity index (χ0) is 16.4. The summed E-state index contributed by atoms with van der Waals surface area (Å²) in [6.07, 6.45) is 1.55. The van der Waals surface area contributed by atoms with Gasteiger partial charge in [-0.1, -0.05) is 6.07 Å². The highest BCUT2D eigenvalue weighted by molar-refractivity contribution is 7.18. The van der Waals surface area contributed by atoms with Crippen LogP contribution in [0.5, 0.6) is 0 Å². The number of nitrogens with zero attached hydrogens (tertiary/aromatic N) is 2. The van der Waals surface area contributed by atoms with Gasteiger partial charge >= 0.3 is 5.97 Å². The fourth-order valence-electron chi connectivity index (χ4n) is 2.35. The van der Waals surface area contributed by atoms with Crippen LogP contribution in [0.3, 0.4) is 0 Å². The van der Waals surface area contributed by atoms with Gasteiger partial charge in [-0.05, 0) is 44.5 Å². The van der Waals surface area contributed by atoms with Gasteiger partial charge in [0.25, 0.3) is 0 Å². The third-order valence-corrected chi connectivity index (χ3v) is 4.72. The molecule has 126 valence electrons. The molecule has 0 amide bonds. The Kier molecular flexibility index (Phi) is 5.75. The molecule has 24 heavy (non-hydrogen) atoms. The number of aryl methyl sites for hydroxylation is 2. The van der Waals surface area contributed by atoms with Gasteiger partial charge in [0, 0.05) is 10.6 Å². The molecule has 0 aliphatic rings. The van der Waals surface area contributed by atoms with E-state index in [4.69, 9.17) is 4.74 Å². The number of aromatic nitrogens is 2. The van der Waals surface area contributed by atoms with E-state index in [1.165, 1.54) is 10.4 Å². The number of nitrogens with one attached hydrogen (secondary N) is 1. The maximum Gasteiger partial charge on any atom is 0.338 e. The Labute approximate surface area is 150 Å². The lowest BCUT2D eigenvalue weighted by Gasteiger charge is -2.09. The second-order valence-corrected chi connectivity index (χ2v) is 6.32. The second kappa shape index (κ2) is 7.59. The Bertz CT molecular complexity index is 879. The standard InChI is InChI=1S/C17H17N3O2S.ClH/c1-4-22-17(21)12-6-5-7-13(8-12)20-15-14-10(2)11(3)23-16(14)19-9-18-15;/h5-9H,4H2,1-3H3,(H,18,19,20);1H. The van der Waals surface area contributed by atoms with Gasteiger partial charge in [0.15, 0.2) is 0 Å². The fourth-order valence-corrected chi connectivity index (χ4v) is 3.35. The van der Waals surface area contributed by atoms with E-state index >= 15 is 0 Å². The second-order valence-electron chi connectivity index (χ2n) is 5.11. The third kappa shape index (κ3) is 3.49. The van der Waals surface area contributed by atoms with Crippen molar-refractivity contribution in [3.63, 3.8) is 0 Å². The number of hydrogen-bond donors (Lipinski definition) is 1. The lowest BCUT2D eigenvalue weighted by Crippen LogP contribution is -2.05. The van der Waals surface area contributed by atoms with Crippen LogP contribution in [0.15, 0.2) is 30.6 Å². The SMILES string of the molecule is CCOC(=O)c1cccc(Nc2ncnc3sc(C)c(C)c23)c1.Cl. The predicted molar refractivity (Wildman–Crippen MR) is 99.8 cm³/mol. The summed E-state index contributed by atoms with van der Waals surface area (Å²) >= 11 is 1.65. The van der Waals surface area contributed by atoms with E-state index < -0.39 is 0 Å². The minimum Gasteiger partial charge on any atom is -0.462 e. The Morgan fingerprint density at radius 3 is 2.83 bits per heavy atom. The van der Waals surface area contributed by atoms with Crippen molar-refractivity contribution in [2.75, 3.05) is 11.9 Å². The Balaban J connectivity index is 0.00000208. The molecular weight excluding hydrogens is 346 g/mol. The zero-order valence-corrected chi connectivity index (χ0v) is 15.3. The molecule has 0 bridgehead atoms. The summed E-state index contributed by atoms with van der Waals surface area (Å²) in [5.41, 5.74) is 2.48. The first-order valence-electron chi connectivity index (χ1n) is 7.35. The molecule has 0 radical (unpaired) electrons. The van der Waals surface area contributed by atoms with Gasteiger partial charge in [0.05, 0.1) is 17.6 Å². The van der Waals surface area contributed by atoms with Crippen LogP contribution >= 0.6 is 23.7 Å². The highest BCUT2D eigenvalue weighted by atomic mass is 35.5. The maximum atomic E-state index is 11.8. The zero-order valence-electron chi connectivity index (χ0n) is 13.6. The minimum absolute atomic E-state index is 0. The highest BCUT2D eigenvalue weighted by Gasteiger charge is 2.13. The number of ether oxygens (including phenoxy) is 1. The topological polar surface area (TPSA) is 64.1 Å². The average molecular weight is 364 g/mol. The van der Waals surface area contributed by atoms with Gasteiger partial charge in [0.1, 0.15) is 17.0 Å². The smallest absolute Gasteiger partial charge is 0.338 e. The van der Waals surface area contributed by atoms with Crippen LogP contribution in [0, 0.1) is 13.8 Å². The molecule has 0 saturated heterocycles. The molecule has 3 aromatic rings. The molecule has 3 rings (SSSR count). The van der Waals surface area contributed by atoms with Gasteiger partial charge in [-0.3, -0.25) is 0 Å². The van der Waals surface area contributed by atoms with Crippen molar-refractivity contribution in [2.45, 2.75) is 20.8 Å². The Morgan fingerprint density at radius 2 is 2.08 bits per heavy atom. The van der Waals surface area contributed by atoms with E-state index in [2.05, 4.69) is 29.1 Å². The first-order valence-corrected chi connectivity index (χ1v) is 8.16. The first kappa shape index (κ1) is 18.2. The number of esters is 1. The number of carbonyl (C=O) groups excluding carboxylic acids is 1. The summed E-state index contributed by atoms with van der Waals surface area (Å²) in [6, 6.07) is 7.21. The van der Waals surface area contributed by atoms with Gasteiger partial charge in [-0.2, -0.15) is 0 Å². The Hall–Kier alpha value is -2.18. The fraction of sp³-hybridized carbons (Fsp3) is 0.235. The lowest BCUT2D eigenvalue weighted by atomic mass is 10.2. The molecule has 0 atom stereocenters. The largest absolute Gasteiger partial charge is 0.462 e. The van der Waals surface area contributed by atoms with E-state index in [0.29, 0.717) is 12.2 Å². The third-order valence-electron chi connectivity index (χ3n) is 3.60. The normalized spacial score (nSPS) is 10.3. The van der Waals surface area contributed by atoms with Crippen molar-refractivity contribution in [1.29, 1.82) is 0 Å². The van der Waals surface area contributed by atoms with Crippen LogP contribution in [0.1, 0.15) is 27.7 Å². The van der Waals surface area contributed by atoms with Crippen molar-refractivity contribution >= 4 is 51.4 Å². The van der Waals surface area contributed by atoms with Crippen molar-refractivity contribution in [3.8, 4) is 0 Å². The predicted octanol–water partition coefficient (Wildman–Crippen LogP) is 4.65. The number of anilines is 2. The maximum absolute atomic E-state index is 11.8. The number of hydrogen-bond acceptors (Lipinski definition) is 6. The van der Waals surface area contributed by atoms with Crippen molar-refractivity contribution in [1.82, 2.24) is 9.97 Å². The van der Waals surface area contributed by atoms with Crippen LogP contribution in [0.4, 0.5) is 11.5 Å². The Morgan fingerprint density at radius 1 is 1.29 bits per heavy atom. The van der Waals surface area contributed by atoms with Gasteiger partial charge in [-0.15, -0.1) is 23.7 Å². The van der Waals surface area contributed by atoms with E-state index in [-0.39, 0.29) is 18.4 Å². The highest BCUT2D eigenvalue weighted by Crippen LogP contribution is 2.33. The molecule has 7 heteroatoms. The van der Waals surface area contributed by atoms with Gasteiger partial charge < -0.3 is 10.1 Å². The number of carbonyl (C=O) groups is 1. The van der Waals surface area contributed by atoms with Crippen LogP contribution in [0.2, 0.25) is 0 Å². The molecule has 0 fully saturated rings. The van der Waals surface area contributed by atoms with E-state index in [1.807, 2.05) is 12.1 Å². The molecule has 1 N–H and O–H groups in total. The van der Waals surface area contributed by atoms with E-state index in [9.17, 15) is 4.79 Å². The summed E-state index contributed by atoms with van der Waals surface area (Å²) in [4.78, 5) is 22.7. The molecule has 0 aliphatic heterocycles. The van der Waals surface area contributed by atoms with Crippen molar-refractivity contribution < 1.29 is 9.53 Å². The van der Waals surface area contributed by atoms with Crippen molar-refractivity contribution in [2.24, 2.45) is 0 Å². The average Bonchev–Trinajstić information content (AvgIpc) is 2.84. The monoisotopic (exact) mass is 363 g/mol. The number of rotatable bonds is 4. The quantitative estimate of drug-likeness (QED) is 0.683. The van der Waals surface area contributed by atoms with Crippen molar-refractivity contribution in [3.05, 3.63) is 46.6 Å².